The molecule has 16 heteroatoms. The monoisotopic (exact) mass is 783 g/mol. The number of fused-ring (bicyclic) bond motifs is 2. The number of nitrogens with zero attached hydrogens (tertiary/aromatic N) is 4. The van der Waals surface area contributed by atoms with E-state index < -0.39 is 41.0 Å². The fourth-order valence-corrected chi connectivity index (χ4v) is 8.98. The lowest BCUT2D eigenvalue weighted by Crippen LogP contribution is -2.53. The maximum atomic E-state index is 14.4. The molecule has 3 aromatic carbocycles. The molecule has 4 N–H and O–H groups in total. The minimum atomic E-state index is -1.30. The van der Waals surface area contributed by atoms with Gasteiger partial charge < -0.3 is 25.1 Å². The quantitative estimate of drug-likeness (QED) is 0.117. The molecule has 2 fully saturated rings. The van der Waals surface area contributed by atoms with Crippen LogP contribution in [-0.2, 0) is 27.3 Å². The van der Waals surface area contributed by atoms with E-state index in [1.165, 1.54) is 33.4 Å². The number of piperidine rings is 2. The summed E-state index contributed by atoms with van der Waals surface area (Å²) in [6.07, 6.45) is 4.45. The number of aromatic hydroxyl groups is 1. The van der Waals surface area contributed by atoms with E-state index in [4.69, 9.17) is 0 Å². The summed E-state index contributed by atoms with van der Waals surface area (Å²) in [4.78, 5) is 74.2. The first-order valence-electron chi connectivity index (χ1n) is 18.1. The van der Waals surface area contributed by atoms with Gasteiger partial charge in [-0.1, -0.05) is 18.2 Å². The predicted molar refractivity (Wildman–Crippen MR) is 205 cm³/mol. The first kappa shape index (κ1) is 36.6. The molecule has 5 amide bonds. The summed E-state index contributed by atoms with van der Waals surface area (Å²) in [7, 11) is 0. The minimum Gasteiger partial charge on any atom is -0.508 e. The standard InChI is InChI=1S/C39H38FN7O6S2/c40-23-3-7-31(48)29(18-23)33(35(51)44-39-42-13-16-55-39)46-20-22-2-4-25(19-27(22)36(46)52)45-14-10-24(11-15-45)41-12-9-21-1-5-26-28(17-21)37(53)47(38(26)54)30-6-8-32(49)43-34(30)50/h1-5,7,13,16-19,24,30,33,38,41,48,54H,6,8-12,14-15,20H2,(H,42,44,51)(H,43,49,50). The van der Waals surface area contributed by atoms with Gasteiger partial charge >= 0.3 is 0 Å². The number of imide groups is 1. The van der Waals surface area contributed by atoms with Crippen LogP contribution in [0, 0.1) is 5.82 Å². The van der Waals surface area contributed by atoms with E-state index in [1.807, 2.05) is 36.4 Å². The van der Waals surface area contributed by atoms with Gasteiger partial charge in [0.05, 0.1) is 0 Å². The molecule has 2 saturated heterocycles. The number of thiazole rings is 1. The van der Waals surface area contributed by atoms with Crippen LogP contribution >= 0.6 is 24.0 Å². The molecular formula is C39H38FN7O6S2. The van der Waals surface area contributed by atoms with Crippen molar-refractivity contribution < 1.29 is 33.5 Å². The van der Waals surface area contributed by atoms with Crippen LogP contribution in [0.1, 0.15) is 80.1 Å². The van der Waals surface area contributed by atoms with Gasteiger partial charge in [0, 0.05) is 66.1 Å². The molecule has 0 aliphatic carbocycles. The van der Waals surface area contributed by atoms with Crippen LogP contribution in [-0.4, -0.2) is 81.1 Å². The fraction of sp³-hybridized carbons (Fsp3) is 0.333. The van der Waals surface area contributed by atoms with Gasteiger partial charge in [-0.3, -0.25) is 34.6 Å². The Kier molecular flexibility index (Phi) is 10.0. The summed E-state index contributed by atoms with van der Waals surface area (Å²) in [5, 5.41) is 20.8. The number of nitrogens with one attached hydrogen (secondary N) is 3. The number of amides is 5. The zero-order chi connectivity index (χ0) is 38.4. The summed E-state index contributed by atoms with van der Waals surface area (Å²) in [6.45, 7) is 2.34. The van der Waals surface area contributed by atoms with Gasteiger partial charge in [-0.2, -0.15) is 0 Å². The normalized spacial score (nSPS) is 20.4. The average molecular weight is 784 g/mol. The average Bonchev–Trinajstić information content (AvgIpc) is 3.87. The highest BCUT2D eigenvalue weighted by molar-refractivity contribution is 7.80. The summed E-state index contributed by atoms with van der Waals surface area (Å²) < 4.78 is 14.4. The number of phenolic OH excluding ortho intramolecular Hbond substituents is 1. The number of rotatable bonds is 10. The Morgan fingerprint density at radius 1 is 1.02 bits per heavy atom. The molecule has 284 valence electrons. The van der Waals surface area contributed by atoms with Crippen LogP contribution in [0.4, 0.5) is 15.2 Å². The SMILES string of the molecule is O=C1CCC(N2C(=O)c3cc(CCNC4CCN(c5ccc6c(c5)C(=O)N(C(C(=O)Nc5nccs5)c5cc(F)ccc5O)C6)CC4)ccc3C2S)C(=O)N1. The lowest BCUT2D eigenvalue weighted by atomic mass is 10.0. The smallest absolute Gasteiger partial charge is 0.256 e. The number of aromatic nitrogens is 1. The molecule has 5 heterocycles. The molecular weight excluding hydrogens is 746 g/mol. The highest BCUT2D eigenvalue weighted by Gasteiger charge is 2.44. The zero-order valence-electron chi connectivity index (χ0n) is 29.5. The molecule has 13 nitrogen and oxygen atoms in total. The van der Waals surface area contributed by atoms with Gasteiger partial charge in [0.15, 0.2) is 5.13 Å². The number of hydrogen-bond acceptors (Lipinski definition) is 11. The van der Waals surface area contributed by atoms with E-state index in [9.17, 15) is 33.5 Å². The maximum Gasteiger partial charge on any atom is 0.256 e. The van der Waals surface area contributed by atoms with Gasteiger partial charge in [-0.05, 0) is 85.3 Å². The van der Waals surface area contributed by atoms with Gasteiger partial charge in [-0.25, -0.2) is 9.37 Å². The van der Waals surface area contributed by atoms with E-state index >= 15 is 0 Å². The highest BCUT2D eigenvalue weighted by atomic mass is 32.1. The van der Waals surface area contributed by atoms with Gasteiger partial charge in [0.25, 0.3) is 17.7 Å². The topological polar surface area (TPSA) is 164 Å². The van der Waals surface area contributed by atoms with Crippen molar-refractivity contribution in [1.82, 2.24) is 25.4 Å². The van der Waals surface area contributed by atoms with Gasteiger partial charge in [0.1, 0.15) is 29.0 Å². The number of carbonyl (C=O) groups is 5. The molecule has 0 spiro atoms. The van der Waals surface area contributed by atoms with Crippen molar-refractivity contribution in [2.75, 3.05) is 29.9 Å². The third kappa shape index (κ3) is 7.16. The van der Waals surface area contributed by atoms with Gasteiger partial charge in [0.2, 0.25) is 11.8 Å². The van der Waals surface area contributed by atoms with E-state index in [0.717, 1.165) is 60.4 Å². The molecule has 55 heavy (non-hydrogen) atoms. The third-order valence-electron chi connectivity index (χ3n) is 10.8. The van der Waals surface area contributed by atoms with Crippen molar-refractivity contribution in [3.8, 4) is 5.75 Å². The summed E-state index contributed by atoms with van der Waals surface area (Å²) in [6, 6.07) is 13.1. The van der Waals surface area contributed by atoms with Crippen LogP contribution in [0.25, 0.3) is 0 Å². The Hall–Kier alpha value is -5.32. The first-order chi connectivity index (χ1) is 26.5. The number of anilines is 2. The maximum absolute atomic E-state index is 14.4. The number of hydrogen-bond donors (Lipinski definition) is 5. The third-order valence-corrected chi connectivity index (χ3v) is 12.0. The molecule has 1 aromatic heterocycles. The number of phenols is 1. The largest absolute Gasteiger partial charge is 0.508 e. The van der Waals surface area contributed by atoms with Crippen LogP contribution in [0.5, 0.6) is 5.75 Å². The molecule has 4 aliphatic heterocycles. The zero-order valence-corrected chi connectivity index (χ0v) is 31.2. The molecule has 3 unspecified atom stereocenters. The second-order valence-electron chi connectivity index (χ2n) is 14.1. The molecule has 3 atom stereocenters. The number of thiol groups is 1. The Morgan fingerprint density at radius 3 is 2.60 bits per heavy atom. The minimum absolute atomic E-state index is 0.0163. The van der Waals surface area contributed by atoms with E-state index in [0.29, 0.717) is 29.2 Å². The fourth-order valence-electron chi connectivity index (χ4n) is 7.96. The van der Waals surface area contributed by atoms with Crippen molar-refractivity contribution in [3.05, 3.63) is 105 Å². The summed E-state index contributed by atoms with van der Waals surface area (Å²) in [5.74, 6) is -3.00. The Balaban J connectivity index is 0.873. The second kappa shape index (κ2) is 15.1. The lowest BCUT2D eigenvalue weighted by molar-refractivity contribution is -0.137. The van der Waals surface area contributed by atoms with Crippen molar-refractivity contribution in [3.63, 3.8) is 0 Å². The number of halogens is 1. The molecule has 0 bridgehead atoms. The first-order valence-corrected chi connectivity index (χ1v) is 19.5. The van der Waals surface area contributed by atoms with E-state index in [1.54, 1.807) is 5.38 Å². The van der Waals surface area contributed by atoms with Crippen LogP contribution in [0.15, 0.2) is 66.2 Å². The lowest BCUT2D eigenvalue weighted by Gasteiger charge is -2.34. The van der Waals surface area contributed by atoms with Crippen molar-refractivity contribution in [1.29, 1.82) is 0 Å². The van der Waals surface area contributed by atoms with Crippen molar-refractivity contribution in [2.45, 2.75) is 62.1 Å². The van der Waals surface area contributed by atoms with Crippen LogP contribution in [0.3, 0.4) is 0 Å². The van der Waals surface area contributed by atoms with E-state index in [-0.39, 0.29) is 48.6 Å². The van der Waals surface area contributed by atoms with Crippen molar-refractivity contribution in [2.24, 2.45) is 0 Å². The molecule has 4 aromatic rings. The highest BCUT2D eigenvalue weighted by Crippen LogP contribution is 2.40. The predicted octanol–water partition coefficient (Wildman–Crippen LogP) is 4.31. The van der Waals surface area contributed by atoms with Gasteiger partial charge in [-0.15, -0.1) is 24.0 Å². The summed E-state index contributed by atoms with van der Waals surface area (Å²) >= 11 is 5.86. The van der Waals surface area contributed by atoms with Crippen LogP contribution < -0.4 is 20.9 Å². The Bertz CT molecular complexity index is 2190. The van der Waals surface area contributed by atoms with Crippen molar-refractivity contribution >= 4 is 64.3 Å². The molecule has 0 radical (unpaired) electrons. The second-order valence-corrected chi connectivity index (χ2v) is 15.5. The molecule has 4 aliphatic rings. The molecule has 0 saturated carbocycles. The van der Waals surface area contributed by atoms with E-state index in [2.05, 4.69) is 38.5 Å². The Labute approximate surface area is 325 Å². The van der Waals surface area contributed by atoms with Crippen LogP contribution in [0.2, 0.25) is 0 Å². The molecule has 8 rings (SSSR count). The Morgan fingerprint density at radius 2 is 1.84 bits per heavy atom. The summed E-state index contributed by atoms with van der Waals surface area (Å²) in [5.41, 5.74) is 4.35. The number of benzene rings is 3. The number of carbonyl (C=O) groups excluding carboxylic acids is 5.